The number of anilines is 1. The van der Waals surface area contributed by atoms with E-state index in [-0.39, 0.29) is 33.9 Å². The maximum atomic E-state index is 11.9. The van der Waals surface area contributed by atoms with Crippen molar-refractivity contribution in [1.82, 2.24) is 20.3 Å². The smallest absolute Gasteiger partial charge is 0.243 e. The third-order valence-corrected chi connectivity index (χ3v) is 6.58. The fourth-order valence-corrected chi connectivity index (χ4v) is 4.71. The Bertz CT molecular complexity index is 1290. The van der Waals surface area contributed by atoms with Crippen LogP contribution in [0.15, 0.2) is 31.0 Å². The van der Waals surface area contributed by atoms with Crippen molar-refractivity contribution in [3.05, 3.63) is 41.0 Å². The number of aromatic nitrogens is 3. The number of nitrogens with one attached hydrogen (secondary N) is 2. The maximum Gasteiger partial charge on any atom is 0.243 e. The number of ether oxygens (including phenoxy) is 4. The zero-order valence-electron chi connectivity index (χ0n) is 20.6. The van der Waals surface area contributed by atoms with Crippen LogP contribution >= 0.6 is 23.2 Å². The Hall–Kier alpha value is -3.34. The van der Waals surface area contributed by atoms with Crippen LogP contribution in [0.1, 0.15) is 13.3 Å². The van der Waals surface area contributed by atoms with Gasteiger partial charge in [0.25, 0.3) is 0 Å². The van der Waals surface area contributed by atoms with Gasteiger partial charge in [-0.1, -0.05) is 29.8 Å². The summed E-state index contributed by atoms with van der Waals surface area (Å²) < 4.78 is 22.2. The van der Waals surface area contributed by atoms with Crippen LogP contribution in [0.5, 0.6) is 17.4 Å². The van der Waals surface area contributed by atoms with Gasteiger partial charge in [0.1, 0.15) is 17.0 Å². The second-order valence-electron chi connectivity index (χ2n) is 8.09. The number of nitrogens with zero attached hydrogens (tertiary/aromatic N) is 3. The van der Waals surface area contributed by atoms with E-state index in [0.29, 0.717) is 65.8 Å². The summed E-state index contributed by atoms with van der Waals surface area (Å²) in [5.74, 6) is 1.16. The van der Waals surface area contributed by atoms with Crippen LogP contribution in [0.4, 0.5) is 5.95 Å². The molecule has 37 heavy (non-hydrogen) atoms. The van der Waals surface area contributed by atoms with Crippen molar-refractivity contribution in [2.45, 2.75) is 25.4 Å². The van der Waals surface area contributed by atoms with E-state index in [1.807, 2.05) is 6.92 Å². The lowest BCUT2D eigenvalue weighted by molar-refractivity contribution is -0.117. The molecular weight excluding hydrogens is 521 g/mol. The molecule has 1 amide bonds. The van der Waals surface area contributed by atoms with Crippen LogP contribution in [-0.2, 0) is 9.53 Å². The summed E-state index contributed by atoms with van der Waals surface area (Å²) in [5.41, 5.74) is 1.37. The fraction of sp³-hybridized carbons (Fsp3) is 0.360. The first-order valence-corrected chi connectivity index (χ1v) is 12.3. The van der Waals surface area contributed by atoms with Crippen LogP contribution in [-0.4, -0.2) is 67.0 Å². The molecule has 0 saturated carbocycles. The molecule has 3 heterocycles. The summed E-state index contributed by atoms with van der Waals surface area (Å²) in [5, 5.41) is 7.41. The molecule has 1 fully saturated rings. The highest BCUT2D eigenvalue weighted by Crippen LogP contribution is 2.46. The van der Waals surface area contributed by atoms with Crippen molar-refractivity contribution < 1.29 is 23.7 Å². The quantitative estimate of drug-likeness (QED) is 0.378. The molecule has 12 heteroatoms. The first-order chi connectivity index (χ1) is 17.9. The zero-order valence-corrected chi connectivity index (χ0v) is 22.2. The van der Waals surface area contributed by atoms with Gasteiger partial charge in [0.15, 0.2) is 0 Å². The first-order valence-electron chi connectivity index (χ1n) is 11.6. The molecule has 2 aromatic heterocycles. The summed E-state index contributed by atoms with van der Waals surface area (Å²) >= 11 is 13.2. The van der Waals surface area contributed by atoms with Crippen molar-refractivity contribution in [1.29, 1.82) is 0 Å². The number of methoxy groups -OCH3 is 2. The van der Waals surface area contributed by atoms with E-state index in [1.54, 1.807) is 18.3 Å². The van der Waals surface area contributed by atoms with E-state index in [1.165, 1.54) is 20.3 Å². The van der Waals surface area contributed by atoms with E-state index in [2.05, 4.69) is 32.2 Å². The van der Waals surface area contributed by atoms with Crippen molar-refractivity contribution in [3.8, 4) is 28.6 Å². The predicted molar refractivity (Wildman–Crippen MR) is 142 cm³/mol. The van der Waals surface area contributed by atoms with Crippen LogP contribution in [0.2, 0.25) is 10.0 Å². The Morgan fingerprint density at radius 2 is 1.92 bits per heavy atom. The van der Waals surface area contributed by atoms with Gasteiger partial charge >= 0.3 is 0 Å². The van der Waals surface area contributed by atoms with Gasteiger partial charge in [0, 0.05) is 29.8 Å². The molecule has 2 N–H and O–H groups in total. The van der Waals surface area contributed by atoms with Gasteiger partial charge < -0.3 is 29.6 Å². The van der Waals surface area contributed by atoms with Crippen LogP contribution in [0, 0.1) is 0 Å². The van der Waals surface area contributed by atoms with Crippen molar-refractivity contribution in [2.75, 3.05) is 39.4 Å². The van der Waals surface area contributed by atoms with Crippen molar-refractivity contribution >= 4 is 46.0 Å². The lowest BCUT2D eigenvalue weighted by atomic mass is 10.0. The predicted octanol–water partition coefficient (Wildman–Crippen LogP) is 4.29. The van der Waals surface area contributed by atoms with E-state index in [9.17, 15) is 4.79 Å². The second kappa shape index (κ2) is 11.8. The third-order valence-electron chi connectivity index (χ3n) is 5.83. The molecule has 2 atom stereocenters. The molecule has 196 valence electrons. The number of carbonyl (C=O) groups is 1. The summed E-state index contributed by atoms with van der Waals surface area (Å²) in [6.07, 6.45) is 3.54. The number of rotatable bonds is 9. The average Bonchev–Trinajstić information content (AvgIpc) is 2.90. The molecule has 10 nitrogen and oxygen atoms in total. The van der Waals surface area contributed by atoms with Gasteiger partial charge in [-0.2, -0.15) is 0 Å². The summed E-state index contributed by atoms with van der Waals surface area (Å²) in [7, 11) is 3.01. The average molecular weight is 548 g/mol. The number of pyridine rings is 1. The standard InChI is InChI=1S/C25H27Cl2N5O5/c1-5-19(33)29-14-7-8-36-12-16(14)31-25-28-11-13-9-15(30-24(37-6-2)23(13)32-25)20-21(26)17(34-3)10-18(35-4)22(20)27/h5,9-11,14,16H,1,6-8,12H2,2-4H3,(H,29,33)(H,28,31,32)/t14-,16+/m0/s1. The number of benzene rings is 1. The minimum Gasteiger partial charge on any atom is -0.495 e. The summed E-state index contributed by atoms with van der Waals surface area (Å²) in [6.45, 7) is 6.64. The van der Waals surface area contributed by atoms with E-state index in [0.717, 1.165) is 0 Å². The molecule has 0 spiro atoms. The molecule has 4 rings (SSSR count). The molecule has 1 aliphatic rings. The Morgan fingerprint density at radius 3 is 2.57 bits per heavy atom. The zero-order chi connectivity index (χ0) is 26.5. The Balaban J connectivity index is 1.75. The number of carbonyl (C=O) groups excluding carboxylic acids is 1. The second-order valence-corrected chi connectivity index (χ2v) is 8.85. The van der Waals surface area contributed by atoms with Gasteiger partial charge in [-0.05, 0) is 25.5 Å². The molecule has 1 aliphatic heterocycles. The van der Waals surface area contributed by atoms with Crippen molar-refractivity contribution in [3.63, 3.8) is 0 Å². The number of fused-ring (bicyclic) bond motifs is 1. The lowest BCUT2D eigenvalue weighted by Crippen LogP contribution is -2.52. The molecule has 1 saturated heterocycles. The van der Waals surface area contributed by atoms with Gasteiger partial charge in [-0.15, -0.1) is 0 Å². The molecule has 0 radical (unpaired) electrons. The molecule has 0 bridgehead atoms. The molecule has 3 aromatic rings. The normalized spacial score (nSPS) is 17.2. The Kier molecular flexibility index (Phi) is 8.52. The van der Waals surface area contributed by atoms with Gasteiger partial charge in [0.05, 0.1) is 55.3 Å². The molecule has 1 aromatic carbocycles. The summed E-state index contributed by atoms with van der Waals surface area (Å²) in [6, 6.07) is 2.97. The van der Waals surface area contributed by atoms with Crippen molar-refractivity contribution in [2.24, 2.45) is 0 Å². The fourth-order valence-electron chi connectivity index (χ4n) is 4.02. The SMILES string of the molecule is C=CC(=O)N[C@H]1CCOC[C@H]1Nc1ncc2cc(-c3c(Cl)c(OC)cc(OC)c3Cl)nc(OCC)c2n1. The van der Waals surface area contributed by atoms with Crippen LogP contribution in [0.3, 0.4) is 0 Å². The maximum absolute atomic E-state index is 11.9. The van der Waals surface area contributed by atoms with E-state index < -0.39 is 0 Å². The molecule has 0 aliphatic carbocycles. The van der Waals surface area contributed by atoms with Crippen LogP contribution < -0.4 is 24.8 Å². The Labute approximate surface area is 224 Å². The van der Waals surface area contributed by atoms with Gasteiger partial charge in [0.2, 0.25) is 17.7 Å². The number of amides is 1. The largest absolute Gasteiger partial charge is 0.495 e. The lowest BCUT2D eigenvalue weighted by Gasteiger charge is -2.32. The molecule has 0 unspecified atom stereocenters. The van der Waals surface area contributed by atoms with Crippen LogP contribution in [0.25, 0.3) is 22.2 Å². The first kappa shape index (κ1) is 26.7. The van der Waals surface area contributed by atoms with E-state index >= 15 is 0 Å². The number of hydrogen-bond acceptors (Lipinski definition) is 9. The third kappa shape index (κ3) is 5.66. The van der Waals surface area contributed by atoms with E-state index in [4.69, 9.17) is 42.1 Å². The number of halogens is 2. The minimum absolute atomic E-state index is 0.169. The Morgan fingerprint density at radius 1 is 1.19 bits per heavy atom. The van der Waals surface area contributed by atoms with Gasteiger partial charge in [-0.25, -0.2) is 15.0 Å². The highest BCUT2D eigenvalue weighted by Gasteiger charge is 2.28. The minimum atomic E-state index is -0.250. The van der Waals surface area contributed by atoms with Gasteiger partial charge in [-0.3, -0.25) is 4.79 Å². The highest BCUT2D eigenvalue weighted by molar-refractivity contribution is 6.41. The molecular formula is C25H27Cl2N5O5. The number of hydrogen-bond donors (Lipinski definition) is 2. The highest BCUT2D eigenvalue weighted by atomic mass is 35.5. The monoisotopic (exact) mass is 547 g/mol. The topological polar surface area (TPSA) is 117 Å². The summed E-state index contributed by atoms with van der Waals surface area (Å²) in [4.78, 5) is 25.7.